The molecule has 0 saturated carbocycles. The Morgan fingerprint density at radius 2 is 2.04 bits per heavy atom. The van der Waals surface area contributed by atoms with Crippen LogP contribution in [0.5, 0.6) is 0 Å². The van der Waals surface area contributed by atoms with E-state index in [0.29, 0.717) is 12.1 Å². The van der Waals surface area contributed by atoms with Crippen molar-refractivity contribution in [3.8, 4) is 6.07 Å². The van der Waals surface area contributed by atoms with Crippen molar-refractivity contribution in [3.05, 3.63) is 83.2 Å². The molecule has 2 aromatic carbocycles. The van der Waals surface area contributed by atoms with Crippen LogP contribution in [0.1, 0.15) is 40.5 Å². The SMILES string of the molecule is N#Cc1ccc2c(c1)CC[C@@H](c1ccc(F)cc1)[C@H]2Cn1cncn1. The number of nitrogens with zero attached hydrogens (tertiary/aromatic N) is 4. The summed E-state index contributed by atoms with van der Waals surface area (Å²) in [7, 11) is 0. The maximum absolute atomic E-state index is 13.3. The summed E-state index contributed by atoms with van der Waals surface area (Å²) in [5.41, 5.74) is 4.30. The molecule has 2 atom stereocenters. The first-order chi connectivity index (χ1) is 12.2. The van der Waals surface area contributed by atoms with E-state index in [-0.39, 0.29) is 17.7 Å². The summed E-state index contributed by atoms with van der Waals surface area (Å²) in [4.78, 5) is 4.04. The molecular weight excluding hydrogens is 315 g/mol. The molecule has 0 amide bonds. The Kier molecular flexibility index (Phi) is 4.02. The van der Waals surface area contributed by atoms with Gasteiger partial charge in [-0.25, -0.2) is 9.37 Å². The van der Waals surface area contributed by atoms with Crippen LogP contribution in [-0.4, -0.2) is 14.8 Å². The second-order valence-corrected chi connectivity index (χ2v) is 6.45. The van der Waals surface area contributed by atoms with Gasteiger partial charge in [0.2, 0.25) is 0 Å². The van der Waals surface area contributed by atoms with Crippen LogP contribution >= 0.6 is 0 Å². The van der Waals surface area contributed by atoms with Gasteiger partial charge in [-0.3, -0.25) is 4.68 Å². The third-order valence-corrected chi connectivity index (χ3v) is 5.03. The van der Waals surface area contributed by atoms with Gasteiger partial charge in [0, 0.05) is 5.92 Å². The average molecular weight is 332 g/mol. The van der Waals surface area contributed by atoms with Crippen LogP contribution in [0.25, 0.3) is 0 Å². The Hall–Kier alpha value is -3.00. The second kappa shape index (κ2) is 6.48. The lowest BCUT2D eigenvalue weighted by Crippen LogP contribution is -2.24. The molecule has 1 aliphatic carbocycles. The van der Waals surface area contributed by atoms with Crippen LogP contribution in [-0.2, 0) is 13.0 Å². The van der Waals surface area contributed by atoms with Crippen molar-refractivity contribution in [2.75, 3.05) is 0 Å². The number of rotatable bonds is 3. The topological polar surface area (TPSA) is 54.5 Å². The predicted octanol–water partition coefficient (Wildman–Crippen LogP) is 3.80. The molecule has 5 heteroatoms. The molecule has 1 heterocycles. The van der Waals surface area contributed by atoms with E-state index in [1.807, 2.05) is 28.9 Å². The van der Waals surface area contributed by atoms with Crippen LogP contribution in [0.4, 0.5) is 4.39 Å². The number of fused-ring (bicyclic) bond motifs is 1. The molecule has 0 radical (unpaired) electrons. The molecule has 0 unspecified atom stereocenters. The zero-order chi connectivity index (χ0) is 17.2. The number of benzene rings is 2. The fourth-order valence-corrected chi connectivity index (χ4v) is 3.85. The average Bonchev–Trinajstić information content (AvgIpc) is 3.15. The zero-order valence-corrected chi connectivity index (χ0v) is 13.6. The Morgan fingerprint density at radius 3 is 2.76 bits per heavy atom. The normalized spacial score (nSPS) is 19.2. The number of hydrogen-bond acceptors (Lipinski definition) is 3. The van der Waals surface area contributed by atoms with E-state index in [1.165, 1.54) is 29.6 Å². The Labute approximate surface area is 145 Å². The van der Waals surface area contributed by atoms with Crippen LogP contribution in [0.2, 0.25) is 0 Å². The Bertz CT molecular complexity index is 910. The summed E-state index contributed by atoms with van der Waals surface area (Å²) < 4.78 is 15.2. The van der Waals surface area contributed by atoms with Crippen molar-refractivity contribution in [3.63, 3.8) is 0 Å². The molecule has 3 aromatic rings. The van der Waals surface area contributed by atoms with Crippen molar-refractivity contribution in [2.45, 2.75) is 31.2 Å². The first kappa shape index (κ1) is 15.5. The van der Waals surface area contributed by atoms with Gasteiger partial charge in [-0.05, 0) is 59.7 Å². The quantitative estimate of drug-likeness (QED) is 0.733. The van der Waals surface area contributed by atoms with Crippen molar-refractivity contribution in [1.29, 1.82) is 5.26 Å². The summed E-state index contributed by atoms with van der Waals surface area (Å²) in [6.45, 7) is 0.709. The molecule has 0 aliphatic heterocycles. The van der Waals surface area contributed by atoms with E-state index in [0.717, 1.165) is 18.4 Å². The monoisotopic (exact) mass is 332 g/mol. The molecule has 1 aromatic heterocycles. The zero-order valence-electron chi connectivity index (χ0n) is 13.6. The Morgan fingerprint density at radius 1 is 1.20 bits per heavy atom. The predicted molar refractivity (Wildman–Crippen MR) is 91.4 cm³/mol. The summed E-state index contributed by atoms with van der Waals surface area (Å²) in [5.74, 6) is 0.278. The van der Waals surface area contributed by atoms with Crippen LogP contribution < -0.4 is 0 Å². The minimum atomic E-state index is -0.216. The highest BCUT2D eigenvalue weighted by atomic mass is 19.1. The molecule has 4 rings (SSSR count). The largest absolute Gasteiger partial charge is 0.252 e. The number of hydrogen-bond donors (Lipinski definition) is 0. The number of nitriles is 1. The third-order valence-electron chi connectivity index (χ3n) is 5.03. The minimum absolute atomic E-state index is 0.212. The third kappa shape index (κ3) is 3.03. The van der Waals surface area contributed by atoms with Crippen molar-refractivity contribution < 1.29 is 4.39 Å². The lowest BCUT2D eigenvalue weighted by molar-refractivity contribution is 0.404. The molecular formula is C20H17FN4. The van der Waals surface area contributed by atoms with E-state index in [4.69, 9.17) is 5.26 Å². The summed E-state index contributed by atoms with van der Waals surface area (Å²) >= 11 is 0. The van der Waals surface area contributed by atoms with Gasteiger partial charge >= 0.3 is 0 Å². The van der Waals surface area contributed by atoms with Crippen molar-refractivity contribution in [1.82, 2.24) is 14.8 Å². The van der Waals surface area contributed by atoms with Crippen LogP contribution in [0.3, 0.4) is 0 Å². The fourth-order valence-electron chi connectivity index (χ4n) is 3.85. The molecule has 1 aliphatic rings. The smallest absolute Gasteiger partial charge is 0.137 e. The van der Waals surface area contributed by atoms with Gasteiger partial charge in [0.15, 0.2) is 0 Å². The van der Waals surface area contributed by atoms with Crippen LogP contribution in [0.15, 0.2) is 55.1 Å². The van der Waals surface area contributed by atoms with Gasteiger partial charge < -0.3 is 0 Å². The van der Waals surface area contributed by atoms with Gasteiger partial charge in [-0.15, -0.1) is 0 Å². The molecule has 0 bridgehead atoms. The van der Waals surface area contributed by atoms with Crippen molar-refractivity contribution >= 4 is 0 Å². The first-order valence-corrected chi connectivity index (χ1v) is 8.35. The van der Waals surface area contributed by atoms with Gasteiger partial charge in [-0.2, -0.15) is 10.4 Å². The van der Waals surface area contributed by atoms with Crippen molar-refractivity contribution in [2.24, 2.45) is 0 Å². The van der Waals surface area contributed by atoms with E-state index >= 15 is 0 Å². The standard InChI is InChI=1S/C20H17FN4/c21-17-5-2-15(3-6-17)18-8-4-16-9-14(10-22)1-7-19(16)20(18)11-25-13-23-12-24-25/h1-3,5-7,9,12-13,18,20H,4,8,11H2/t18-,20+/m0/s1. The summed E-state index contributed by atoms with van der Waals surface area (Å²) in [6, 6.07) is 14.9. The lowest BCUT2D eigenvalue weighted by atomic mass is 9.72. The highest BCUT2D eigenvalue weighted by Gasteiger charge is 2.31. The second-order valence-electron chi connectivity index (χ2n) is 6.45. The Balaban J connectivity index is 1.75. The van der Waals surface area contributed by atoms with E-state index < -0.39 is 0 Å². The van der Waals surface area contributed by atoms with Gasteiger partial charge in [-0.1, -0.05) is 18.2 Å². The molecule has 4 nitrogen and oxygen atoms in total. The maximum Gasteiger partial charge on any atom is 0.137 e. The highest BCUT2D eigenvalue weighted by molar-refractivity contribution is 5.43. The molecule has 0 spiro atoms. The van der Waals surface area contributed by atoms with Crippen LogP contribution in [0, 0.1) is 17.1 Å². The van der Waals surface area contributed by atoms with E-state index in [2.05, 4.69) is 22.2 Å². The number of aryl methyl sites for hydroxylation is 1. The van der Waals surface area contributed by atoms with Gasteiger partial charge in [0.05, 0.1) is 18.2 Å². The maximum atomic E-state index is 13.3. The number of aromatic nitrogens is 3. The molecule has 25 heavy (non-hydrogen) atoms. The molecule has 0 saturated heterocycles. The lowest BCUT2D eigenvalue weighted by Gasteiger charge is -2.34. The van der Waals surface area contributed by atoms with Gasteiger partial charge in [0.1, 0.15) is 18.5 Å². The van der Waals surface area contributed by atoms with Gasteiger partial charge in [0.25, 0.3) is 0 Å². The molecule has 124 valence electrons. The number of halogens is 1. The highest BCUT2D eigenvalue weighted by Crippen LogP contribution is 2.43. The fraction of sp³-hybridized carbons (Fsp3) is 0.250. The summed E-state index contributed by atoms with van der Waals surface area (Å²) in [5, 5.41) is 13.4. The first-order valence-electron chi connectivity index (χ1n) is 8.35. The molecule has 0 fully saturated rings. The molecule has 0 N–H and O–H groups in total. The minimum Gasteiger partial charge on any atom is -0.252 e. The summed E-state index contributed by atoms with van der Waals surface area (Å²) in [6.07, 6.45) is 5.14. The van der Waals surface area contributed by atoms with E-state index in [9.17, 15) is 4.39 Å². The van der Waals surface area contributed by atoms with E-state index in [1.54, 1.807) is 6.33 Å².